The van der Waals surface area contributed by atoms with Gasteiger partial charge in [-0.15, -0.1) is 0 Å². The van der Waals surface area contributed by atoms with Crippen LogP contribution in [0.3, 0.4) is 0 Å². The number of Topliss-reactive ketones (excluding diaryl/α,β-unsaturated/α-hetero) is 1. The van der Waals surface area contributed by atoms with E-state index in [2.05, 4.69) is 11.7 Å². The molecular formula is C21H26F4O3. The fraction of sp³-hybridized carbons (Fsp3) is 0.810. The van der Waals surface area contributed by atoms with Gasteiger partial charge in [0.25, 0.3) is 0 Å². The number of carbonyl (C=O) groups is 2. The zero-order valence-electron chi connectivity index (χ0n) is 16.2. The highest BCUT2D eigenvalue weighted by atomic mass is 19.4. The SMILES string of the molecule is C[C@]12CC[C@H](OC(=O)C(F)(F)F)CC1=CC[C@@H]1[C@@H]2CC[C@]2(C)C(=O)CC[C@]12F. The molecule has 0 aliphatic heterocycles. The van der Waals surface area contributed by atoms with Crippen LogP contribution in [0.5, 0.6) is 0 Å². The van der Waals surface area contributed by atoms with Gasteiger partial charge in [-0.1, -0.05) is 18.6 Å². The minimum Gasteiger partial charge on any atom is -0.455 e. The molecule has 4 rings (SSSR count). The molecule has 4 aliphatic rings. The number of halogens is 4. The van der Waals surface area contributed by atoms with Gasteiger partial charge in [0.15, 0.2) is 0 Å². The molecule has 0 aromatic rings. The number of fused-ring (bicyclic) bond motifs is 5. The minimum absolute atomic E-state index is 0.0242. The number of alkyl halides is 4. The van der Waals surface area contributed by atoms with E-state index in [4.69, 9.17) is 0 Å². The van der Waals surface area contributed by atoms with Crippen molar-refractivity contribution in [2.75, 3.05) is 0 Å². The maximum Gasteiger partial charge on any atom is 0.490 e. The third-order valence-electron chi connectivity index (χ3n) is 8.39. The summed E-state index contributed by atoms with van der Waals surface area (Å²) < 4.78 is 58.4. The predicted octanol–water partition coefficient (Wildman–Crippen LogP) is 5.08. The number of hydrogen-bond donors (Lipinski definition) is 0. The third-order valence-corrected chi connectivity index (χ3v) is 8.39. The lowest BCUT2D eigenvalue weighted by molar-refractivity contribution is -0.206. The Morgan fingerprint density at radius 2 is 1.86 bits per heavy atom. The van der Waals surface area contributed by atoms with Gasteiger partial charge < -0.3 is 4.74 Å². The molecule has 0 radical (unpaired) electrons. The number of hydrogen-bond acceptors (Lipinski definition) is 3. The largest absolute Gasteiger partial charge is 0.490 e. The van der Waals surface area contributed by atoms with Crippen molar-refractivity contribution in [3.8, 4) is 0 Å². The molecular weight excluding hydrogens is 376 g/mol. The normalized spacial score (nSPS) is 45.6. The topological polar surface area (TPSA) is 43.4 Å². The van der Waals surface area contributed by atoms with Crippen LogP contribution in [-0.2, 0) is 14.3 Å². The van der Waals surface area contributed by atoms with Crippen molar-refractivity contribution in [1.29, 1.82) is 0 Å². The number of rotatable bonds is 1. The van der Waals surface area contributed by atoms with E-state index >= 15 is 4.39 Å². The standard InChI is InChI=1S/C21H26F4O3/c1-18-8-5-13(28-17(27)21(23,24)25)11-12(18)3-4-15-14(18)6-9-19(2)16(26)7-10-20(15,19)22/h3,13-15H,4-11H2,1-2H3/t13-,14-,15+,18-,19+,20-/m0/s1. The van der Waals surface area contributed by atoms with Crippen LogP contribution in [0.2, 0.25) is 0 Å². The Labute approximate surface area is 161 Å². The van der Waals surface area contributed by atoms with Crippen molar-refractivity contribution in [1.82, 2.24) is 0 Å². The van der Waals surface area contributed by atoms with Gasteiger partial charge in [-0.25, -0.2) is 9.18 Å². The van der Waals surface area contributed by atoms with Gasteiger partial charge in [0.05, 0.1) is 5.41 Å². The molecule has 7 heteroatoms. The van der Waals surface area contributed by atoms with Crippen LogP contribution in [0, 0.1) is 22.7 Å². The molecule has 3 nitrogen and oxygen atoms in total. The summed E-state index contributed by atoms with van der Waals surface area (Å²) in [5.74, 6) is -2.29. The highest BCUT2D eigenvalue weighted by Gasteiger charge is 2.67. The first kappa shape index (κ1) is 19.9. The molecule has 3 fully saturated rings. The van der Waals surface area contributed by atoms with E-state index in [-0.39, 0.29) is 35.9 Å². The van der Waals surface area contributed by atoms with Crippen molar-refractivity contribution in [3.05, 3.63) is 11.6 Å². The maximum absolute atomic E-state index is 16.2. The highest BCUT2D eigenvalue weighted by Crippen LogP contribution is 2.67. The summed E-state index contributed by atoms with van der Waals surface area (Å²) in [5, 5.41) is 0. The third kappa shape index (κ3) is 2.60. The molecule has 0 bridgehead atoms. The van der Waals surface area contributed by atoms with E-state index in [0.717, 1.165) is 12.0 Å². The molecule has 0 N–H and O–H groups in total. The lowest BCUT2D eigenvalue weighted by atomic mass is 9.47. The van der Waals surface area contributed by atoms with Gasteiger partial charge in [0.2, 0.25) is 0 Å². The Kier molecular flexibility index (Phi) is 4.30. The molecule has 28 heavy (non-hydrogen) atoms. The van der Waals surface area contributed by atoms with Crippen molar-refractivity contribution in [2.45, 2.75) is 83.2 Å². The van der Waals surface area contributed by atoms with Crippen LogP contribution in [-0.4, -0.2) is 29.7 Å². The summed E-state index contributed by atoms with van der Waals surface area (Å²) in [6, 6.07) is 0. The number of allylic oxidation sites excluding steroid dienone is 1. The lowest BCUT2D eigenvalue weighted by Crippen LogP contribution is -2.58. The molecule has 0 unspecified atom stereocenters. The Hall–Kier alpha value is -1.40. The Balaban J connectivity index is 1.57. The zero-order chi connectivity index (χ0) is 20.5. The molecule has 3 saturated carbocycles. The van der Waals surface area contributed by atoms with Crippen LogP contribution in [0.1, 0.15) is 65.2 Å². The smallest absolute Gasteiger partial charge is 0.455 e. The second-order valence-corrected chi connectivity index (χ2v) is 9.52. The summed E-state index contributed by atoms with van der Waals surface area (Å²) in [5.41, 5.74) is -1.74. The lowest BCUT2D eigenvalue weighted by Gasteiger charge is -2.58. The summed E-state index contributed by atoms with van der Waals surface area (Å²) in [6.07, 6.45) is -0.310. The van der Waals surface area contributed by atoms with Gasteiger partial charge in [-0.05, 0) is 56.8 Å². The average Bonchev–Trinajstić information content (AvgIpc) is 2.85. The monoisotopic (exact) mass is 402 g/mol. The number of esters is 1. The Morgan fingerprint density at radius 1 is 1.14 bits per heavy atom. The van der Waals surface area contributed by atoms with Gasteiger partial charge in [-0.3, -0.25) is 4.79 Å². The van der Waals surface area contributed by atoms with Crippen LogP contribution >= 0.6 is 0 Å². The second kappa shape index (κ2) is 6.05. The average molecular weight is 402 g/mol. The van der Waals surface area contributed by atoms with Crippen LogP contribution in [0.15, 0.2) is 11.6 Å². The zero-order valence-corrected chi connectivity index (χ0v) is 16.2. The highest BCUT2D eigenvalue weighted by molar-refractivity contribution is 5.88. The molecule has 0 aromatic carbocycles. The Morgan fingerprint density at radius 3 is 2.54 bits per heavy atom. The number of ether oxygens (including phenoxy) is 1. The minimum atomic E-state index is -4.99. The fourth-order valence-corrected chi connectivity index (χ4v) is 6.63. The van der Waals surface area contributed by atoms with Crippen molar-refractivity contribution in [3.63, 3.8) is 0 Å². The van der Waals surface area contributed by atoms with Crippen molar-refractivity contribution < 1.29 is 31.9 Å². The second-order valence-electron chi connectivity index (χ2n) is 9.52. The van der Waals surface area contributed by atoms with Crippen LogP contribution in [0.25, 0.3) is 0 Å². The molecule has 0 heterocycles. The molecule has 0 amide bonds. The summed E-state index contributed by atoms with van der Waals surface area (Å²) in [6.45, 7) is 3.84. The number of ketones is 1. The predicted molar refractivity (Wildman–Crippen MR) is 93.0 cm³/mol. The molecule has 156 valence electrons. The van der Waals surface area contributed by atoms with E-state index in [1.54, 1.807) is 6.92 Å². The summed E-state index contributed by atoms with van der Waals surface area (Å²) >= 11 is 0. The van der Waals surface area contributed by atoms with E-state index in [9.17, 15) is 22.8 Å². The van der Waals surface area contributed by atoms with Gasteiger partial charge in [0.1, 0.15) is 17.6 Å². The van der Waals surface area contributed by atoms with E-state index in [1.165, 1.54) is 0 Å². The summed E-state index contributed by atoms with van der Waals surface area (Å²) in [4.78, 5) is 23.6. The summed E-state index contributed by atoms with van der Waals surface area (Å²) in [7, 11) is 0. The van der Waals surface area contributed by atoms with Crippen molar-refractivity contribution >= 4 is 11.8 Å². The first-order chi connectivity index (χ1) is 12.9. The molecule has 0 spiro atoms. The van der Waals surface area contributed by atoms with Crippen molar-refractivity contribution in [2.24, 2.45) is 22.7 Å². The maximum atomic E-state index is 16.2. The van der Waals surface area contributed by atoms with Crippen LogP contribution < -0.4 is 0 Å². The molecule has 4 aliphatic carbocycles. The quantitative estimate of drug-likeness (QED) is 0.349. The van der Waals surface area contributed by atoms with Gasteiger partial charge in [0, 0.05) is 18.8 Å². The number of carbonyl (C=O) groups excluding carboxylic acids is 2. The first-order valence-electron chi connectivity index (χ1n) is 10.1. The molecule has 0 aromatic heterocycles. The van der Waals surface area contributed by atoms with Crippen LogP contribution in [0.4, 0.5) is 17.6 Å². The fourth-order valence-electron chi connectivity index (χ4n) is 6.63. The van der Waals surface area contributed by atoms with E-state index in [0.29, 0.717) is 32.1 Å². The Bertz CT molecular complexity index is 744. The molecule has 6 atom stereocenters. The first-order valence-corrected chi connectivity index (χ1v) is 10.1. The van der Waals surface area contributed by atoms with Gasteiger partial charge >= 0.3 is 12.1 Å². The van der Waals surface area contributed by atoms with Gasteiger partial charge in [-0.2, -0.15) is 13.2 Å². The van der Waals surface area contributed by atoms with E-state index in [1.807, 2.05) is 6.08 Å². The molecule has 0 saturated heterocycles. The van der Waals surface area contributed by atoms with E-state index < -0.39 is 29.3 Å².